The van der Waals surface area contributed by atoms with Crippen LogP contribution in [0.5, 0.6) is 0 Å². The number of benzene rings is 1. The first-order valence-electron chi connectivity index (χ1n) is 21.0. The van der Waals surface area contributed by atoms with Crippen LogP contribution in [0.4, 0.5) is 9.18 Å². The van der Waals surface area contributed by atoms with E-state index >= 15 is 0 Å². The lowest BCUT2D eigenvalue weighted by molar-refractivity contribution is -0.345. The van der Waals surface area contributed by atoms with Gasteiger partial charge < -0.3 is 48.7 Å². The summed E-state index contributed by atoms with van der Waals surface area (Å²) >= 11 is 0. The molecule has 1 aromatic rings. The quantitative estimate of drug-likeness (QED) is 0.174. The molecule has 3 aliphatic carbocycles. The van der Waals surface area contributed by atoms with Crippen LogP contribution in [0.25, 0.3) is 0 Å². The number of nitrogens with zero attached hydrogens (tertiary/aromatic N) is 1. The van der Waals surface area contributed by atoms with Crippen LogP contribution in [-0.4, -0.2) is 138 Å². The van der Waals surface area contributed by atoms with E-state index in [1.165, 1.54) is 6.92 Å². The molecule has 16 heteroatoms. The predicted octanol–water partition coefficient (Wildman–Crippen LogP) is 4.02. The second-order valence-corrected chi connectivity index (χ2v) is 19.6. The summed E-state index contributed by atoms with van der Waals surface area (Å²) in [4.78, 5) is 56.1. The molecular formula is C44H61FN2O13. The number of fused-ring (bicyclic) bond motifs is 8. The fourth-order valence-electron chi connectivity index (χ4n) is 11.0. The van der Waals surface area contributed by atoms with Gasteiger partial charge in [0.25, 0.3) is 0 Å². The molecule has 12 atom stereocenters. The molecule has 2 bridgehead atoms. The first-order chi connectivity index (χ1) is 28.0. The third kappa shape index (κ3) is 7.63. The van der Waals surface area contributed by atoms with E-state index in [1.807, 2.05) is 20.8 Å². The number of ether oxygens (including phenoxy) is 7. The Morgan fingerprint density at radius 2 is 1.75 bits per heavy atom. The van der Waals surface area contributed by atoms with Gasteiger partial charge in [-0.3, -0.25) is 9.69 Å². The van der Waals surface area contributed by atoms with Gasteiger partial charge in [-0.05, 0) is 69.7 Å². The van der Waals surface area contributed by atoms with E-state index in [4.69, 9.17) is 33.2 Å². The van der Waals surface area contributed by atoms with Gasteiger partial charge in [0.05, 0.1) is 30.2 Å². The number of nitrogens with one attached hydrogen (secondary N) is 1. The summed E-state index contributed by atoms with van der Waals surface area (Å²) in [5.41, 5.74) is -5.41. The molecule has 60 heavy (non-hydrogen) atoms. The molecule has 15 nitrogen and oxygen atoms in total. The van der Waals surface area contributed by atoms with Gasteiger partial charge in [-0.1, -0.05) is 45.9 Å². The Balaban J connectivity index is 1.36. The Kier molecular flexibility index (Phi) is 11.8. The summed E-state index contributed by atoms with van der Waals surface area (Å²) in [6.45, 7) is 16.5. The van der Waals surface area contributed by atoms with Crippen LogP contribution in [0.3, 0.4) is 0 Å². The summed E-state index contributed by atoms with van der Waals surface area (Å²) in [5, 5.41) is 27.1. The van der Waals surface area contributed by atoms with Crippen molar-refractivity contribution in [3.05, 3.63) is 47.0 Å². The van der Waals surface area contributed by atoms with Gasteiger partial charge in [-0.15, -0.1) is 0 Å². The summed E-state index contributed by atoms with van der Waals surface area (Å²) in [6, 6.07) is 6.60. The highest BCUT2D eigenvalue weighted by Crippen LogP contribution is 2.66. The van der Waals surface area contributed by atoms with E-state index in [2.05, 4.69) is 17.1 Å². The standard InChI is InChI=1S/C44H61FN2O13/c1-23-19-47(20-23)21-30-56-33-31-24(2)28(55-38(51)32(49)27(18-45)46-39(52)60-40(4,5)6)17-44(53,41(31,7)8)36(58-37(50)26-13-11-10-12-14-26)34-42(9,35(33)57-30)16-15-29-43(34,22-54-29)59-25(3)48/h10-14,23,27-30,32-36,49,53H,15-22H2,1-9H3,(H,46,52)/t27-,28-,29+,30+,32+,33+,34-,35+,36-,42+,43-,44+/m0/s1. The highest BCUT2D eigenvalue weighted by atomic mass is 19.1. The van der Waals surface area contributed by atoms with E-state index in [0.29, 0.717) is 36.5 Å². The van der Waals surface area contributed by atoms with E-state index in [9.17, 15) is 33.8 Å². The fourth-order valence-corrected chi connectivity index (χ4v) is 11.0. The van der Waals surface area contributed by atoms with Crippen molar-refractivity contribution in [1.29, 1.82) is 0 Å². The van der Waals surface area contributed by atoms with Crippen molar-refractivity contribution in [2.75, 3.05) is 32.9 Å². The van der Waals surface area contributed by atoms with E-state index < -0.39 is 113 Å². The lowest BCUT2D eigenvalue weighted by Gasteiger charge is -2.68. The smallest absolute Gasteiger partial charge is 0.408 e. The molecule has 2 saturated carbocycles. The second kappa shape index (κ2) is 15.9. The van der Waals surface area contributed by atoms with Crippen molar-refractivity contribution in [2.45, 2.75) is 147 Å². The minimum atomic E-state index is -2.18. The number of aliphatic hydroxyl groups excluding tert-OH is 1. The maximum absolute atomic E-state index is 14.4. The lowest BCUT2D eigenvalue weighted by Crippen LogP contribution is -2.79. The fraction of sp³-hybridized carbons (Fsp3) is 0.727. The molecule has 5 fully saturated rings. The SMILES string of the molecule is CC(=O)O[C@@]12CO[C@@H]1CC[C@@]1(C)[C@@H]3O[C@H](CN4CC(C)C4)O[C@@H]3C3=C(C)[C@@H](OC(=O)[C@H](O)[C@H](CF)NC(=O)OC(C)(C)C)C[C@@](O)([C@@H](OC(=O)c4ccccc4)[C@@H]12)C3(C)C. The topological polar surface area (TPSA) is 189 Å². The molecule has 332 valence electrons. The van der Waals surface area contributed by atoms with Crippen molar-refractivity contribution in [2.24, 2.45) is 22.7 Å². The number of rotatable bonds is 10. The molecule has 3 saturated heterocycles. The number of alkyl halides is 1. The Labute approximate surface area is 350 Å². The van der Waals surface area contributed by atoms with Crippen molar-refractivity contribution in [1.82, 2.24) is 10.2 Å². The lowest BCUT2D eigenvalue weighted by atomic mass is 9.45. The number of alkyl carbamates (subject to hydrolysis) is 1. The second-order valence-electron chi connectivity index (χ2n) is 19.6. The van der Waals surface area contributed by atoms with Gasteiger partial charge in [0, 0.05) is 43.8 Å². The molecule has 3 N–H and O–H groups in total. The summed E-state index contributed by atoms with van der Waals surface area (Å²) in [5.74, 6) is -3.03. The molecule has 0 radical (unpaired) electrons. The van der Waals surface area contributed by atoms with Crippen molar-refractivity contribution in [3.8, 4) is 0 Å². The van der Waals surface area contributed by atoms with Crippen LogP contribution < -0.4 is 5.32 Å². The van der Waals surface area contributed by atoms with Gasteiger partial charge in [0.2, 0.25) is 0 Å². The zero-order valence-electron chi connectivity index (χ0n) is 36.0. The molecule has 1 amide bonds. The highest BCUT2D eigenvalue weighted by molar-refractivity contribution is 5.89. The number of esters is 3. The van der Waals surface area contributed by atoms with Gasteiger partial charge in [0.15, 0.2) is 18.0 Å². The van der Waals surface area contributed by atoms with E-state index in [0.717, 1.165) is 13.1 Å². The molecule has 0 unspecified atom stereocenters. The molecule has 0 aromatic heterocycles. The Morgan fingerprint density at radius 3 is 2.33 bits per heavy atom. The maximum atomic E-state index is 14.4. The van der Waals surface area contributed by atoms with E-state index in [1.54, 1.807) is 58.0 Å². The monoisotopic (exact) mass is 844 g/mol. The zero-order chi connectivity index (χ0) is 43.7. The summed E-state index contributed by atoms with van der Waals surface area (Å²) in [7, 11) is 0. The predicted molar refractivity (Wildman–Crippen MR) is 211 cm³/mol. The van der Waals surface area contributed by atoms with Crippen LogP contribution in [0.2, 0.25) is 0 Å². The minimum Gasteiger partial charge on any atom is -0.456 e. The van der Waals surface area contributed by atoms with E-state index in [-0.39, 0.29) is 18.6 Å². The van der Waals surface area contributed by atoms with Gasteiger partial charge in [0.1, 0.15) is 42.3 Å². The summed E-state index contributed by atoms with van der Waals surface area (Å²) < 4.78 is 58.6. The van der Waals surface area contributed by atoms with Crippen LogP contribution in [-0.2, 0) is 42.7 Å². The molecule has 3 aliphatic heterocycles. The Bertz CT molecular complexity index is 1860. The van der Waals surface area contributed by atoms with Crippen LogP contribution >= 0.6 is 0 Å². The van der Waals surface area contributed by atoms with Gasteiger partial charge >= 0.3 is 24.0 Å². The number of hydrogen-bond acceptors (Lipinski definition) is 14. The molecule has 3 heterocycles. The van der Waals surface area contributed by atoms with Crippen molar-refractivity contribution >= 4 is 24.0 Å². The van der Waals surface area contributed by atoms with Gasteiger partial charge in [-0.25, -0.2) is 18.8 Å². The molecule has 1 aromatic carbocycles. The average molecular weight is 845 g/mol. The number of halogens is 1. The highest BCUT2D eigenvalue weighted by Gasteiger charge is 2.77. The zero-order valence-corrected chi connectivity index (χ0v) is 36.0. The van der Waals surface area contributed by atoms with Crippen LogP contribution in [0, 0.1) is 22.7 Å². The third-order valence-electron chi connectivity index (χ3n) is 13.9. The number of amides is 1. The number of likely N-dealkylation sites (tertiary alicyclic amines) is 1. The largest absolute Gasteiger partial charge is 0.456 e. The third-order valence-corrected chi connectivity index (χ3v) is 13.9. The number of carbonyl (C=O) groups excluding carboxylic acids is 4. The molecular weight excluding hydrogens is 783 g/mol. The number of aliphatic hydroxyl groups is 2. The Morgan fingerprint density at radius 1 is 1.07 bits per heavy atom. The average Bonchev–Trinajstić information content (AvgIpc) is 3.56. The maximum Gasteiger partial charge on any atom is 0.408 e. The molecule has 7 rings (SSSR count). The van der Waals surface area contributed by atoms with Crippen molar-refractivity contribution < 1.29 is 66.9 Å². The number of hydrogen-bond donors (Lipinski definition) is 3. The minimum absolute atomic E-state index is 0.0393. The molecule has 0 spiro atoms. The first-order valence-corrected chi connectivity index (χ1v) is 21.0. The van der Waals surface area contributed by atoms with Crippen molar-refractivity contribution in [3.63, 3.8) is 0 Å². The first kappa shape index (κ1) is 44.4. The number of carbonyl (C=O) groups is 4. The molecule has 6 aliphatic rings. The van der Waals surface area contributed by atoms with Crippen LogP contribution in [0.1, 0.15) is 91.9 Å². The summed E-state index contributed by atoms with van der Waals surface area (Å²) in [6.07, 6.45) is -8.27. The normalized spacial score (nSPS) is 37.0. The van der Waals surface area contributed by atoms with Crippen LogP contribution in [0.15, 0.2) is 41.5 Å². The van der Waals surface area contributed by atoms with Gasteiger partial charge in [-0.2, -0.15) is 0 Å². The Hall–Kier alpha value is -3.67.